The molecule has 1 aromatic carbocycles. The van der Waals surface area contributed by atoms with E-state index < -0.39 is 0 Å². The largest absolute Gasteiger partial charge is 0.445 e. The van der Waals surface area contributed by atoms with Crippen molar-refractivity contribution in [1.29, 1.82) is 0 Å². The number of likely N-dealkylation sites (tertiary alicyclic amines) is 1. The Hall–Kier alpha value is -1.55. The smallest absolute Gasteiger partial charge is 0.407 e. The van der Waals surface area contributed by atoms with E-state index in [9.17, 15) is 4.79 Å². The Morgan fingerprint density at radius 1 is 1.27 bits per heavy atom. The number of alkyl carbamates (subject to hydrolysis) is 1. The molecule has 1 aromatic rings. The zero-order valence-electron chi connectivity index (χ0n) is 13.8. The first kappa shape index (κ1) is 16.8. The van der Waals surface area contributed by atoms with Crippen LogP contribution in [0.25, 0.3) is 0 Å². The van der Waals surface area contributed by atoms with E-state index in [1.807, 2.05) is 30.3 Å². The van der Waals surface area contributed by atoms with Gasteiger partial charge in [-0.05, 0) is 30.9 Å². The number of hydrogen-bond acceptors (Lipinski definition) is 3. The molecule has 4 nitrogen and oxygen atoms in total. The first-order chi connectivity index (χ1) is 10.7. The Morgan fingerprint density at radius 2 is 2.05 bits per heavy atom. The molecule has 0 aromatic heterocycles. The summed E-state index contributed by atoms with van der Waals surface area (Å²) >= 11 is 0. The lowest BCUT2D eigenvalue weighted by atomic mass is 9.92. The van der Waals surface area contributed by atoms with Gasteiger partial charge in [-0.1, -0.05) is 50.6 Å². The molecule has 2 unspecified atom stereocenters. The average Bonchev–Trinajstić information content (AvgIpc) is 2.54. The fourth-order valence-corrected chi connectivity index (χ4v) is 3.13. The van der Waals surface area contributed by atoms with Crippen LogP contribution in [0.15, 0.2) is 30.3 Å². The standard InChI is InChI=1S/C18H28N2O2/c1-3-10-20-12-15(4-2)11-17(13-20)19-18(21)22-14-16-8-6-5-7-9-16/h5-9,15,17H,3-4,10-14H2,1-2H3,(H,19,21). The number of benzene rings is 1. The highest BCUT2D eigenvalue weighted by atomic mass is 16.5. The van der Waals surface area contributed by atoms with Crippen LogP contribution in [-0.2, 0) is 11.3 Å². The summed E-state index contributed by atoms with van der Waals surface area (Å²) in [6.45, 7) is 7.95. The van der Waals surface area contributed by atoms with E-state index in [-0.39, 0.29) is 12.1 Å². The molecule has 122 valence electrons. The molecule has 2 rings (SSSR count). The molecule has 1 fully saturated rings. The number of rotatable bonds is 6. The summed E-state index contributed by atoms with van der Waals surface area (Å²) in [5, 5.41) is 3.04. The van der Waals surface area contributed by atoms with E-state index in [2.05, 4.69) is 24.1 Å². The van der Waals surface area contributed by atoms with Crippen molar-refractivity contribution in [3.05, 3.63) is 35.9 Å². The lowest BCUT2D eigenvalue weighted by Gasteiger charge is -2.37. The second kappa shape index (κ2) is 8.79. The minimum absolute atomic E-state index is 0.202. The second-order valence-corrected chi connectivity index (χ2v) is 6.17. The highest BCUT2D eigenvalue weighted by Gasteiger charge is 2.27. The molecule has 1 heterocycles. The van der Waals surface area contributed by atoms with Gasteiger partial charge in [0.1, 0.15) is 6.61 Å². The van der Waals surface area contributed by atoms with Crippen LogP contribution < -0.4 is 5.32 Å². The molecule has 1 amide bonds. The molecule has 1 N–H and O–H groups in total. The Kier molecular flexibility index (Phi) is 6.72. The zero-order chi connectivity index (χ0) is 15.8. The van der Waals surface area contributed by atoms with E-state index in [0.29, 0.717) is 12.5 Å². The van der Waals surface area contributed by atoms with Crippen LogP contribution in [0.4, 0.5) is 4.79 Å². The fraction of sp³-hybridized carbons (Fsp3) is 0.611. The number of piperidine rings is 1. The van der Waals surface area contributed by atoms with Crippen LogP contribution in [0.2, 0.25) is 0 Å². The van der Waals surface area contributed by atoms with Crippen LogP contribution in [-0.4, -0.2) is 36.7 Å². The average molecular weight is 304 g/mol. The van der Waals surface area contributed by atoms with Crippen molar-refractivity contribution in [2.45, 2.75) is 45.8 Å². The minimum atomic E-state index is -0.304. The Balaban J connectivity index is 1.79. The summed E-state index contributed by atoms with van der Waals surface area (Å²) in [4.78, 5) is 14.5. The predicted molar refractivity (Wildman–Crippen MR) is 88.7 cm³/mol. The minimum Gasteiger partial charge on any atom is -0.445 e. The van der Waals surface area contributed by atoms with Crippen molar-refractivity contribution in [1.82, 2.24) is 10.2 Å². The van der Waals surface area contributed by atoms with Crippen molar-refractivity contribution in [2.24, 2.45) is 5.92 Å². The summed E-state index contributed by atoms with van der Waals surface area (Å²) in [5.41, 5.74) is 1.01. The lowest BCUT2D eigenvalue weighted by molar-refractivity contribution is 0.109. The van der Waals surface area contributed by atoms with Crippen LogP contribution >= 0.6 is 0 Å². The molecule has 2 atom stereocenters. The molecule has 1 saturated heterocycles. The van der Waals surface area contributed by atoms with Gasteiger partial charge in [0, 0.05) is 19.1 Å². The predicted octanol–water partition coefficient (Wildman–Crippen LogP) is 3.42. The number of nitrogens with zero attached hydrogens (tertiary/aromatic N) is 1. The molecule has 1 aliphatic heterocycles. The number of carbonyl (C=O) groups excluding carboxylic acids is 1. The first-order valence-electron chi connectivity index (χ1n) is 8.40. The van der Waals surface area contributed by atoms with Gasteiger partial charge in [0.25, 0.3) is 0 Å². The second-order valence-electron chi connectivity index (χ2n) is 6.17. The van der Waals surface area contributed by atoms with Gasteiger partial charge in [-0.3, -0.25) is 0 Å². The van der Waals surface area contributed by atoms with E-state index >= 15 is 0 Å². The molecule has 0 spiro atoms. The summed E-state index contributed by atoms with van der Waals surface area (Å²) in [6, 6.07) is 9.99. The van der Waals surface area contributed by atoms with Gasteiger partial charge >= 0.3 is 6.09 Å². The third-order valence-corrected chi connectivity index (χ3v) is 4.26. The molecule has 0 saturated carbocycles. The van der Waals surface area contributed by atoms with Gasteiger partial charge in [-0.25, -0.2) is 4.79 Å². The van der Waals surface area contributed by atoms with Gasteiger partial charge in [0.05, 0.1) is 0 Å². The normalized spacial score (nSPS) is 22.3. The quantitative estimate of drug-likeness (QED) is 0.875. The van der Waals surface area contributed by atoms with Crippen molar-refractivity contribution in [3.8, 4) is 0 Å². The zero-order valence-corrected chi connectivity index (χ0v) is 13.8. The molecular formula is C18H28N2O2. The Morgan fingerprint density at radius 3 is 2.73 bits per heavy atom. The highest BCUT2D eigenvalue weighted by molar-refractivity contribution is 5.67. The van der Waals surface area contributed by atoms with Crippen LogP contribution in [0.5, 0.6) is 0 Å². The molecule has 22 heavy (non-hydrogen) atoms. The third kappa shape index (κ3) is 5.34. The van der Waals surface area contributed by atoms with Gasteiger partial charge in [0.15, 0.2) is 0 Å². The van der Waals surface area contributed by atoms with Crippen LogP contribution in [0.3, 0.4) is 0 Å². The number of amides is 1. The third-order valence-electron chi connectivity index (χ3n) is 4.26. The van der Waals surface area contributed by atoms with E-state index in [1.165, 1.54) is 0 Å². The SMILES string of the molecule is CCCN1CC(CC)CC(NC(=O)OCc2ccccc2)C1. The summed E-state index contributed by atoms with van der Waals surface area (Å²) in [6.07, 6.45) is 3.07. The monoisotopic (exact) mass is 304 g/mol. The van der Waals surface area contributed by atoms with Crippen LogP contribution in [0.1, 0.15) is 38.7 Å². The maximum atomic E-state index is 12.0. The van der Waals surface area contributed by atoms with Gasteiger partial charge in [-0.15, -0.1) is 0 Å². The molecule has 0 radical (unpaired) electrons. The van der Waals surface area contributed by atoms with E-state index in [4.69, 9.17) is 4.74 Å². The maximum absolute atomic E-state index is 12.0. The van der Waals surface area contributed by atoms with Gasteiger partial charge in [-0.2, -0.15) is 0 Å². The molecule has 0 bridgehead atoms. The van der Waals surface area contributed by atoms with Crippen molar-refractivity contribution in [3.63, 3.8) is 0 Å². The highest BCUT2D eigenvalue weighted by Crippen LogP contribution is 2.20. The Bertz CT molecular complexity index is 450. The van der Waals surface area contributed by atoms with Crippen molar-refractivity contribution < 1.29 is 9.53 Å². The van der Waals surface area contributed by atoms with Gasteiger partial charge in [0.2, 0.25) is 0 Å². The maximum Gasteiger partial charge on any atom is 0.407 e. The number of ether oxygens (including phenoxy) is 1. The van der Waals surface area contributed by atoms with Gasteiger partial charge < -0.3 is 15.0 Å². The van der Waals surface area contributed by atoms with E-state index in [0.717, 1.165) is 44.5 Å². The summed E-state index contributed by atoms with van der Waals surface area (Å²) < 4.78 is 5.33. The van der Waals surface area contributed by atoms with Crippen molar-refractivity contribution in [2.75, 3.05) is 19.6 Å². The molecule has 0 aliphatic carbocycles. The van der Waals surface area contributed by atoms with E-state index in [1.54, 1.807) is 0 Å². The molecular weight excluding hydrogens is 276 g/mol. The number of hydrogen-bond donors (Lipinski definition) is 1. The fourth-order valence-electron chi connectivity index (χ4n) is 3.13. The Labute approximate surface area is 133 Å². The first-order valence-corrected chi connectivity index (χ1v) is 8.40. The topological polar surface area (TPSA) is 41.6 Å². The summed E-state index contributed by atoms with van der Waals surface area (Å²) in [7, 11) is 0. The summed E-state index contributed by atoms with van der Waals surface area (Å²) in [5.74, 6) is 0.666. The molecule has 1 aliphatic rings. The lowest BCUT2D eigenvalue weighted by Crippen LogP contribution is -2.50. The number of nitrogens with one attached hydrogen (secondary N) is 1. The van der Waals surface area contributed by atoms with Crippen LogP contribution in [0, 0.1) is 5.92 Å². The molecule has 4 heteroatoms. The van der Waals surface area contributed by atoms with Crippen molar-refractivity contribution >= 4 is 6.09 Å². The number of carbonyl (C=O) groups is 1.